The van der Waals surface area contributed by atoms with Gasteiger partial charge in [-0.25, -0.2) is 0 Å². The first-order valence-corrected chi connectivity index (χ1v) is 15.1. The summed E-state index contributed by atoms with van der Waals surface area (Å²) in [7, 11) is 0. The average molecular weight is 500 g/mol. The van der Waals surface area contributed by atoms with Crippen molar-refractivity contribution in [1.82, 2.24) is 5.32 Å². The Kier molecular flexibility index (Phi) is 27.3. The summed E-state index contributed by atoms with van der Waals surface area (Å²) in [6.45, 7) is 7.68. The van der Waals surface area contributed by atoms with Gasteiger partial charge >= 0.3 is 0 Å². The first-order chi connectivity index (χ1) is 17.2. The minimum Gasteiger partial charge on any atom is -0.375 e. The SMILES string of the molecule is CCCNC(=O)C(OCCCCCCCCCCCN)C(C)OCCCCCCCCCCCN. The third-order valence-corrected chi connectivity index (χ3v) is 6.61. The minimum absolute atomic E-state index is 0.0357. The van der Waals surface area contributed by atoms with Crippen LogP contribution in [0.5, 0.6) is 0 Å². The average Bonchev–Trinajstić information content (AvgIpc) is 2.86. The molecule has 2 atom stereocenters. The highest BCUT2D eigenvalue weighted by molar-refractivity contribution is 5.81. The van der Waals surface area contributed by atoms with E-state index < -0.39 is 6.10 Å². The first kappa shape index (κ1) is 34.3. The second-order valence-corrected chi connectivity index (χ2v) is 10.1. The van der Waals surface area contributed by atoms with Crippen LogP contribution in [-0.4, -0.2) is 51.0 Å². The van der Waals surface area contributed by atoms with Crippen LogP contribution in [0.2, 0.25) is 0 Å². The van der Waals surface area contributed by atoms with Gasteiger partial charge in [0.1, 0.15) is 0 Å². The summed E-state index contributed by atoms with van der Waals surface area (Å²) in [5, 5.41) is 2.99. The standard InChI is InChI=1S/C29H61N3O3/c1-3-24-32-29(33)28(35-26-21-17-13-9-5-7-11-15-19-23-31)27(2)34-25-20-16-12-8-4-6-10-14-18-22-30/h27-28H,3-26,30-31H2,1-2H3,(H,32,33). The molecule has 0 aromatic heterocycles. The first-order valence-electron chi connectivity index (χ1n) is 15.1. The minimum atomic E-state index is -0.516. The van der Waals surface area contributed by atoms with Crippen LogP contribution in [0.3, 0.4) is 0 Å². The number of carbonyl (C=O) groups is 1. The summed E-state index contributed by atoms with van der Waals surface area (Å²) < 4.78 is 12.1. The van der Waals surface area contributed by atoms with Crippen LogP contribution >= 0.6 is 0 Å². The number of nitrogens with one attached hydrogen (secondary N) is 1. The number of hydrogen-bond donors (Lipinski definition) is 3. The fourth-order valence-corrected chi connectivity index (χ4v) is 4.31. The molecule has 1 amide bonds. The third-order valence-electron chi connectivity index (χ3n) is 6.61. The van der Waals surface area contributed by atoms with E-state index in [0.717, 1.165) is 51.6 Å². The van der Waals surface area contributed by atoms with E-state index >= 15 is 0 Å². The van der Waals surface area contributed by atoms with Crippen LogP contribution in [-0.2, 0) is 14.3 Å². The van der Waals surface area contributed by atoms with Crippen LogP contribution in [0.4, 0.5) is 0 Å². The van der Waals surface area contributed by atoms with Crippen LogP contribution in [0.1, 0.15) is 136 Å². The number of carbonyl (C=O) groups excluding carboxylic acids is 1. The molecule has 5 N–H and O–H groups in total. The number of hydrogen-bond acceptors (Lipinski definition) is 5. The molecule has 0 aromatic carbocycles. The Morgan fingerprint density at radius 3 is 1.40 bits per heavy atom. The summed E-state index contributed by atoms with van der Waals surface area (Å²) in [6, 6.07) is 0. The van der Waals surface area contributed by atoms with Gasteiger partial charge in [0, 0.05) is 19.8 Å². The highest BCUT2D eigenvalue weighted by atomic mass is 16.5. The Bertz CT molecular complexity index is 437. The van der Waals surface area contributed by atoms with Crippen molar-refractivity contribution in [2.24, 2.45) is 11.5 Å². The number of unbranched alkanes of at least 4 members (excludes halogenated alkanes) is 16. The third kappa shape index (κ3) is 23.5. The van der Waals surface area contributed by atoms with Crippen molar-refractivity contribution in [1.29, 1.82) is 0 Å². The van der Waals surface area contributed by atoms with Crippen molar-refractivity contribution < 1.29 is 14.3 Å². The summed E-state index contributed by atoms with van der Waals surface area (Å²) in [5.74, 6) is -0.0357. The molecule has 0 saturated heterocycles. The van der Waals surface area contributed by atoms with E-state index in [0.29, 0.717) is 19.8 Å². The molecule has 0 saturated carbocycles. The van der Waals surface area contributed by atoms with Crippen LogP contribution in [0, 0.1) is 0 Å². The van der Waals surface area contributed by atoms with Gasteiger partial charge in [-0.2, -0.15) is 0 Å². The van der Waals surface area contributed by atoms with Crippen molar-refractivity contribution in [3.05, 3.63) is 0 Å². The molecular formula is C29H61N3O3. The number of rotatable bonds is 28. The molecule has 0 bridgehead atoms. The molecule has 6 nitrogen and oxygen atoms in total. The van der Waals surface area contributed by atoms with Gasteiger partial charge in [-0.1, -0.05) is 96.8 Å². The van der Waals surface area contributed by atoms with Crippen molar-refractivity contribution >= 4 is 5.91 Å². The molecule has 35 heavy (non-hydrogen) atoms. The maximum Gasteiger partial charge on any atom is 0.251 e. The number of amides is 1. The zero-order chi connectivity index (χ0) is 25.8. The monoisotopic (exact) mass is 499 g/mol. The lowest BCUT2D eigenvalue weighted by Gasteiger charge is -2.24. The van der Waals surface area contributed by atoms with Gasteiger partial charge in [0.15, 0.2) is 6.10 Å². The van der Waals surface area contributed by atoms with Crippen molar-refractivity contribution in [3.63, 3.8) is 0 Å². The molecule has 0 aliphatic carbocycles. The Morgan fingerprint density at radius 2 is 1.00 bits per heavy atom. The van der Waals surface area contributed by atoms with E-state index in [2.05, 4.69) is 12.2 Å². The van der Waals surface area contributed by atoms with Crippen LogP contribution in [0.25, 0.3) is 0 Å². The maximum atomic E-state index is 12.6. The predicted octanol–water partition coefficient (Wildman–Crippen LogP) is 6.24. The fourth-order valence-electron chi connectivity index (χ4n) is 4.31. The summed E-state index contributed by atoms with van der Waals surface area (Å²) in [4.78, 5) is 12.6. The van der Waals surface area contributed by atoms with E-state index in [4.69, 9.17) is 20.9 Å². The quantitative estimate of drug-likeness (QED) is 0.111. The van der Waals surface area contributed by atoms with E-state index in [1.807, 2.05) is 6.92 Å². The molecule has 0 aliphatic heterocycles. The smallest absolute Gasteiger partial charge is 0.251 e. The topological polar surface area (TPSA) is 99.6 Å². The zero-order valence-electron chi connectivity index (χ0n) is 23.5. The molecule has 210 valence electrons. The predicted molar refractivity (Wildman–Crippen MR) is 150 cm³/mol. The van der Waals surface area contributed by atoms with E-state index in [1.54, 1.807) is 0 Å². The molecule has 0 radical (unpaired) electrons. The lowest BCUT2D eigenvalue weighted by atomic mass is 10.1. The van der Waals surface area contributed by atoms with E-state index in [1.165, 1.54) is 83.5 Å². The Morgan fingerprint density at radius 1 is 0.629 bits per heavy atom. The Hall–Kier alpha value is -0.690. The molecular weight excluding hydrogens is 438 g/mol. The van der Waals surface area contributed by atoms with Crippen molar-refractivity contribution in [3.8, 4) is 0 Å². The van der Waals surface area contributed by atoms with E-state index in [-0.39, 0.29) is 12.0 Å². The van der Waals surface area contributed by atoms with Crippen LogP contribution < -0.4 is 16.8 Å². The molecule has 0 spiro atoms. The Balaban J connectivity index is 3.94. The maximum absolute atomic E-state index is 12.6. The highest BCUT2D eigenvalue weighted by Crippen LogP contribution is 2.13. The molecule has 0 fully saturated rings. The summed E-state index contributed by atoms with van der Waals surface area (Å²) >= 11 is 0. The van der Waals surface area contributed by atoms with Gasteiger partial charge in [0.2, 0.25) is 0 Å². The lowest BCUT2D eigenvalue weighted by Crippen LogP contribution is -2.44. The lowest BCUT2D eigenvalue weighted by molar-refractivity contribution is -0.143. The molecule has 0 rings (SSSR count). The molecule has 0 heterocycles. The van der Waals surface area contributed by atoms with E-state index in [9.17, 15) is 4.79 Å². The molecule has 0 aliphatic rings. The van der Waals surface area contributed by atoms with Gasteiger partial charge < -0.3 is 26.3 Å². The van der Waals surface area contributed by atoms with Crippen molar-refractivity contribution in [2.75, 3.05) is 32.8 Å². The summed E-state index contributed by atoms with van der Waals surface area (Å²) in [6.07, 6.45) is 22.4. The molecule has 0 aromatic rings. The second kappa shape index (κ2) is 27.9. The molecule has 2 unspecified atom stereocenters. The Labute approximate surface area is 218 Å². The van der Waals surface area contributed by atoms with Gasteiger partial charge in [-0.05, 0) is 52.1 Å². The normalized spacial score (nSPS) is 13.1. The van der Waals surface area contributed by atoms with Gasteiger partial charge in [0.25, 0.3) is 5.91 Å². The van der Waals surface area contributed by atoms with Crippen LogP contribution in [0.15, 0.2) is 0 Å². The fraction of sp³-hybridized carbons (Fsp3) is 0.966. The molecule has 6 heteroatoms. The number of ether oxygens (including phenoxy) is 2. The second-order valence-electron chi connectivity index (χ2n) is 10.1. The zero-order valence-corrected chi connectivity index (χ0v) is 23.5. The van der Waals surface area contributed by atoms with Gasteiger partial charge in [-0.3, -0.25) is 4.79 Å². The van der Waals surface area contributed by atoms with Gasteiger partial charge in [-0.15, -0.1) is 0 Å². The van der Waals surface area contributed by atoms with Gasteiger partial charge in [0.05, 0.1) is 6.10 Å². The van der Waals surface area contributed by atoms with Crippen molar-refractivity contribution in [2.45, 2.75) is 148 Å². The largest absolute Gasteiger partial charge is 0.375 e. The summed E-state index contributed by atoms with van der Waals surface area (Å²) in [5.41, 5.74) is 11.1. The number of nitrogens with two attached hydrogens (primary N) is 2. The highest BCUT2D eigenvalue weighted by Gasteiger charge is 2.26.